The van der Waals surface area contributed by atoms with Crippen LogP contribution in [0.25, 0.3) is 0 Å². The largest absolute Gasteiger partial charge is 0.330 e. The van der Waals surface area contributed by atoms with Crippen LogP contribution >= 0.6 is 38.6 Å². The number of hydrogen-bond acceptors (Lipinski definition) is 3. The quantitative estimate of drug-likeness (QED) is 0.792. The van der Waals surface area contributed by atoms with Crippen LogP contribution < -0.4 is 0 Å². The molecule has 2 rings (SSSR count). The lowest BCUT2D eigenvalue weighted by molar-refractivity contribution is 0.0696. The Morgan fingerprint density at radius 3 is 2.61 bits per heavy atom. The van der Waals surface area contributed by atoms with Gasteiger partial charge in [-0.3, -0.25) is 4.79 Å². The molecular formula is C13H14BrNOS2. The zero-order valence-corrected chi connectivity index (χ0v) is 13.4. The van der Waals surface area contributed by atoms with Crippen molar-refractivity contribution in [2.45, 2.75) is 26.4 Å². The fourth-order valence-electron chi connectivity index (χ4n) is 1.64. The van der Waals surface area contributed by atoms with Crippen molar-refractivity contribution in [2.75, 3.05) is 0 Å². The molecule has 0 radical (unpaired) electrons. The number of amides is 1. The minimum absolute atomic E-state index is 0.0975. The van der Waals surface area contributed by atoms with Gasteiger partial charge in [0, 0.05) is 15.4 Å². The number of hydrogen-bond donors (Lipinski definition) is 0. The number of rotatable bonds is 4. The number of nitrogens with zero attached hydrogens (tertiary/aromatic N) is 1. The summed E-state index contributed by atoms with van der Waals surface area (Å²) in [7, 11) is 0. The van der Waals surface area contributed by atoms with E-state index >= 15 is 0 Å². The Balaban J connectivity index is 2.20. The molecule has 2 aromatic rings. The molecule has 0 saturated carbocycles. The summed E-state index contributed by atoms with van der Waals surface area (Å²) >= 11 is 6.59. The van der Waals surface area contributed by atoms with Gasteiger partial charge in [-0.15, -0.1) is 22.7 Å². The van der Waals surface area contributed by atoms with Crippen LogP contribution in [0.15, 0.2) is 33.4 Å². The van der Waals surface area contributed by atoms with E-state index in [-0.39, 0.29) is 11.9 Å². The maximum atomic E-state index is 12.5. The van der Waals surface area contributed by atoms with E-state index in [1.165, 1.54) is 16.2 Å². The van der Waals surface area contributed by atoms with Crippen molar-refractivity contribution in [3.63, 3.8) is 0 Å². The Morgan fingerprint density at radius 2 is 2.11 bits per heavy atom. The van der Waals surface area contributed by atoms with Crippen molar-refractivity contribution >= 4 is 44.5 Å². The maximum absolute atomic E-state index is 12.5. The summed E-state index contributed by atoms with van der Waals surface area (Å²) in [5.41, 5.74) is 0. The predicted molar refractivity (Wildman–Crippen MR) is 81.3 cm³/mol. The van der Waals surface area contributed by atoms with Crippen molar-refractivity contribution < 1.29 is 4.79 Å². The lowest BCUT2D eigenvalue weighted by atomic mass is 10.2. The molecule has 2 heterocycles. The van der Waals surface area contributed by atoms with Gasteiger partial charge in [-0.2, -0.15) is 0 Å². The predicted octanol–water partition coefficient (Wildman–Crippen LogP) is 4.62. The van der Waals surface area contributed by atoms with Gasteiger partial charge in [0.1, 0.15) is 4.88 Å². The van der Waals surface area contributed by atoms with Crippen LogP contribution in [0.1, 0.15) is 28.4 Å². The molecule has 1 amide bonds. The average Bonchev–Trinajstić information content (AvgIpc) is 2.95. The summed E-state index contributed by atoms with van der Waals surface area (Å²) in [5.74, 6) is 0.0975. The second-order valence-corrected chi connectivity index (χ2v) is 7.01. The Morgan fingerprint density at radius 1 is 1.33 bits per heavy atom. The molecule has 2 aromatic heterocycles. The average molecular weight is 344 g/mol. The van der Waals surface area contributed by atoms with Crippen LogP contribution in [-0.2, 0) is 6.54 Å². The number of thiophene rings is 2. The van der Waals surface area contributed by atoms with E-state index in [2.05, 4.69) is 22.0 Å². The van der Waals surface area contributed by atoms with E-state index < -0.39 is 0 Å². The topological polar surface area (TPSA) is 20.3 Å². The van der Waals surface area contributed by atoms with E-state index in [4.69, 9.17) is 0 Å². The molecule has 0 aromatic carbocycles. The van der Waals surface area contributed by atoms with Crippen LogP contribution in [0.3, 0.4) is 0 Å². The molecule has 5 heteroatoms. The summed E-state index contributed by atoms with van der Waals surface area (Å²) in [4.78, 5) is 16.4. The minimum atomic E-state index is 0.0975. The highest BCUT2D eigenvalue weighted by Crippen LogP contribution is 2.26. The monoisotopic (exact) mass is 343 g/mol. The van der Waals surface area contributed by atoms with Crippen molar-refractivity contribution in [3.8, 4) is 0 Å². The van der Waals surface area contributed by atoms with Crippen LogP contribution in [0.2, 0.25) is 0 Å². The van der Waals surface area contributed by atoms with Crippen molar-refractivity contribution in [3.05, 3.63) is 43.2 Å². The number of carbonyl (C=O) groups excluding carboxylic acids is 1. The molecule has 0 aliphatic rings. The third-order valence-electron chi connectivity index (χ3n) is 2.60. The van der Waals surface area contributed by atoms with Crippen LogP contribution in [0.4, 0.5) is 0 Å². The molecule has 18 heavy (non-hydrogen) atoms. The summed E-state index contributed by atoms with van der Waals surface area (Å²) < 4.78 is 0.884. The Bertz CT molecular complexity index is 519. The van der Waals surface area contributed by atoms with Gasteiger partial charge in [0.15, 0.2) is 0 Å². The Labute approximate surface area is 123 Å². The normalized spacial score (nSPS) is 10.9. The second-order valence-electron chi connectivity index (χ2n) is 4.20. The highest BCUT2D eigenvalue weighted by molar-refractivity contribution is 9.10. The van der Waals surface area contributed by atoms with Gasteiger partial charge >= 0.3 is 0 Å². The summed E-state index contributed by atoms with van der Waals surface area (Å²) in [5, 5.41) is 3.97. The molecule has 0 bridgehead atoms. The van der Waals surface area contributed by atoms with Gasteiger partial charge in [-0.1, -0.05) is 6.07 Å². The van der Waals surface area contributed by atoms with Crippen molar-refractivity contribution in [2.24, 2.45) is 0 Å². The van der Waals surface area contributed by atoms with E-state index in [1.807, 2.05) is 41.6 Å². The van der Waals surface area contributed by atoms with Crippen molar-refractivity contribution in [1.82, 2.24) is 4.90 Å². The minimum Gasteiger partial charge on any atom is -0.330 e. The molecule has 0 unspecified atom stereocenters. The first-order chi connectivity index (χ1) is 8.59. The van der Waals surface area contributed by atoms with Gasteiger partial charge in [0.2, 0.25) is 0 Å². The zero-order valence-electron chi connectivity index (χ0n) is 10.2. The van der Waals surface area contributed by atoms with Crippen LogP contribution in [0, 0.1) is 0 Å². The second kappa shape index (κ2) is 5.99. The third-order valence-corrected chi connectivity index (χ3v) is 5.29. The molecule has 2 nitrogen and oxygen atoms in total. The molecule has 0 spiro atoms. The Hall–Kier alpha value is -0.650. The molecule has 0 N–H and O–H groups in total. The molecule has 0 fully saturated rings. The number of carbonyl (C=O) groups is 1. The first-order valence-electron chi connectivity index (χ1n) is 5.66. The summed E-state index contributed by atoms with van der Waals surface area (Å²) in [6.07, 6.45) is 0. The molecular weight excluding hydrogens is 330 g/mol. The molecule has 96 valence electrons. The summed E-state index contributed by atoms with van der Waals surface area (Å²) in [6, 6.07) is 6.19. The Kier molecular flexibility index (Phi) is 4.59. The fourth-order valence-corrected chi connectivity index (χ4v) is 3.83. The van der Waals surface area contributed by atoms with E-state index in [9.17, 15) is 4.79 Å². The molecule has 0 aliphatic carbocycles. The molecule has 0 saturated heterocycles. The molecule has 0 atom stereocenters. The maximum Gasteiger partial charge on any atom is 0.265 e. The number of halogens is 1. The van der Waals surface area contributed by atoms with Gasteiger partial charge in [-0.25, -0.2) is 0 Å². The van der Waals surface area contributed by atoms with E-state index in [0.717, 1.165) is 9.35 Å². The molecule has 0 aliphatic heterocycles. The van der Waals surface area contributed by atoms with Gasteiger partial charge in [0.25, 0.3) is 5.91 Å². The lowest BCUT2D eigenvalue weighted by Gasteiger charge is -2.26. The third kappa shape index (κ3) is 3.02. The van der Waals surface area contributed by atoms with Gasteiger partial charge < -0.3 is 4.90 Å². The van der Waals surface area contributed by atoms with E-state index in [1.54, 1.807) is 11.3 Å². The first kappa shape index (κ1) is 13.8. The van der Waals surface area contributed by atoms with Crippen LogP contribution in [-0.4, -0.2) is 16.8 Å². The van der Waals surface area contributed by atoms with Gasteiger partial charge in [0.05, 0.1) is 6.54 Å². The van der Waals surface area contributed by atoms with Crippen LogP contribution in [0.5, 0.6) is 0 Å². The fraction of sp³-hybridized carbons (Fsp3) is 0.308. The highest BCUT2D eigenvalue weighted by Gasteiger charge is 2.22. The summed E-state index contributed by atoms with van der Waals surface area (Å²) in [6.45, 7) is 4.78. The van der Waals surface area contributed by atoms with Crippen molar-refractivity contribution in [1.29, 1.82) is 0 Å². The first-order valence-corrected chi connectivity index (χ1v) is 8.21. The SMILES string of the molecule is CC(C)N(Cc1cccs1)C(=O)c1sccc1Br. The van der Waals surface area contributed by atoms with E-state index in [0.29, 0.717) is 6.54 Å². The smallest absolute Gasteiger partial charge is 0.265 e. The standard InChI is InChI=1S/C13H14BrNOS2/c1-9(2)15(8-10-4-3-6-17-10)13(16)12-11(14)5-7-18-12/h3-7,9H,8H2,1-2H3. The zero-order chi connectivity index (χ0) is 13.1. The van der Waals surface area contributed by atoms with Gasteiger partial charge in [-0.05, 0) is 52.7 Å². The lowest BCUT2D eigenvalue weighted by Crippen LogP contribution is -2.35. The highest BCUT2D eigenvalue weighted by atomic mass is 79.9.